The van der Waals surface area contributed by atoms with Crippen molar-refractivity contribution in [3.8, 4) is 0 Å². The van der Waals surface area contributed by atoms with Gasteiger partial charge in [-0.25, -0.2) is 0 Å². The molecule has 0 saturated heterocycles. The van der Waals surface area contributed by atoms with Crippen LogP contribution in [0.4, 0.5) is 0 Å². The third kappa shape index (κ3) is 2.64. The van der Waals surface area contributed by atoms with Crippen molar-refractivity contribution in [1.29, 1.82) is 0 Å². The Morgan fingerprint density at radius 1 is 1.04 bits per heavy atom. The first-order valence-electron chi connectivity index (χ1n) is 9.24. The fourth-order valence-electron chi connectivity index (χ4n) is 5.74. The zero-order valence-electron chi connectivity index (χ0n) is 15.0. The van der Waals surface area contributed by atoms with Gasteiger partial charge in [-0.15, -0.1) is 0 Å². The number of carbonyl (C=O) groups excluding carboxylic acids is 2. The molecule has 3 aliphatic rings. The largest absolute Gasteiger partial charge is 0.290 e. The van der Waals surface area contributed by atoms with E-state index in [4.69, 9.17) is 0 Å². The number of carbonyl (C=O) groups is 2. The van der Waals surface area contributed by atoms with E-state index in [9.17, 15) is 9.59 Å². The quantitative estimate of drug-likeness (QED) is 0.680. The van der Waals surface area contributed by atoms with Crippen LogP contribution in [0, 0.1) is 28.6 Å². The smallest absolute Gasteiger partial charge is 0.182 e. The van der Waals surface area contributed by atoms with Crippen molar-refractivity contribution >= 4 is 11.6 Å². The molecule has 0 N–H and O–H groups in total. The van der Waals surface area contributed by atoms with E-state index in [-0.39, 0.29) is 17.0 Å². The highest BCUT2D eigenvalue weighted by Crippen LogP contribution is 2.63. The van der Waals surface area contributed by atoms with Gasteiger partial charge in [0.25, 0.3) is 0 Å². The molecule has 23 heavy (non-hydrogen) atoms. The van der Waals surface area contributed by atoms with Gasteiger partial charge in [0.2, 0.25) is 0 Å². The molecule has 2 saturated carbocycles. The van der Waals surface area contributed by atoms with Crippen molar-refractivity contribution in [1.82, 2.24) is 0 Å². The zero-order valence-corrected chi connectivity index (χ0v) is 15.0. The second-order valence-corrected chi connectivity index (χ2v) is 8.78. The maximum atomic E-state index is 12.3. The third-order valence-corrected chi connectivity index (χ3v) is 7.69. The molecule has 2 heteroatoms. The van der Waals surface area contributed by atoms with Gasteiger partial charge in [-0.3, -0.25) is 9.59 Å². The Morgan fingerprint density at radius 2 is 1.78 bits per heavy atom. The van der Waals surface area contributed by atoms with Gasteiger partial charge < -0.3 is 0 Å². The van der Waals surface area contributed by atoms with Crippen molar-refractivity contribution in [3.63, 3.8) is 0 Å². The summed E-state index contributed by atoms with van der Waals surface area (Å²) < 4.78 is 0. The van der Waals surface area contributed by atoms with Crippen LogP contribution in [-0.2, 0) is 9.59 Å². The van der Waals surface area contributed by atoms with Crippen LogP contribution in [0.3, 0.4) is 0 Å². The summed E-state index contributed by atoms with van der Waals surface area (Å²) in [6, 6.07) is 0. The van der Waals surface area contributed by atoms with Gasteiger partial charge in [0.1, 0.15) is 0 Å². The molecule has 0 amide bonds. The van der Waals surface area contributed by atoms with Gasteiger partial charge in [0.15, 0.2) is 11.6 Å². The molecule has 2 nitrogen and oxygen atoms in total. The zero-order chi connectivity index (χ0) is 16.8. The summed E-state index contributed by atoms with van der Waals surface area (Å²) in [5.74, 6) is 2.00. The first kappa shape index (κ1) is 16.7. The Hall–Kier alpha value is -1.18. The number of rotatable bonds is 2. The van der Waals surface area contributed by atoms with E-state index in [0.29, 0.717) is 17.3 Å². The number of ketones is 2. The van der Waals surface area contributed by atoms with Crippen molar-refractivity contribution in [2.75, 3.05) is 0 Å². The lowest BCUT2D eigenvalue weighted by molar-refractivity contribution is -0.118. The number of fused-ring (bicyclic) bond motifs is 1. The summed E-state index contributed by atoms with van der Waals surface area (Å²) in [5.41, 5.74) is 1.24. The van der Waals surface area contributed by atoms with E-state index < -0.39 is 0 Å². The Balaban J connectivity index is 1.94. The molecule has 1 unspecified atom stereocenters. The molecule has 0 aliphatic heterocycles. The molecule has 0 aromatic rings. The van der Waals surface area contributed by atoms with Gasteiger partial charge in [-0.2, -0.15) is 0 Å². The van der Waals surface area contributed by atoms with Crippen LogP contribution in [0.1, 0.15) is 66.2 Å². The molecule has 0 heterocycles. The molecule has 0 radical (unpaired) electrons. The highest BCUT2D eigenvalue weighted by molar-refractivity contribution is 6.17. The number of hydrogen-bond acceptors (Lipinski definition) is 2. The van der Waals surface area contributed by atoms with Crippen molar-refractivity contribution in [2.24, 2.45) is 28.6 Å². The fraction of sp³-hybridized carbons (Fsp3) is 0.714. The Bertz CT molecular complexity index is 585. The van der Waals surface area contributed by atoms with E-state index in [2.05, 4.69) is 27.7 Å². The summed E-state index contributed by atoms with van der Waals surface area (Å²) >= 11 is 0. The lowest BCUT2D eigenvalue weighted by atomic mass is 9.44. The maximum absolute atomic E-state index is 12.3. The molecule has 0 bridgehead atoms. The van der Waals surface area contributed by atoms with Crippen molar-refractivity contribution in [3.05, 3.63) is 23.8 Å². The highest BCUT2D eigenvalue weighted by atomic mass is 16.1. The van der Waals surface area contributed by atoms with Crippen LogP contribution in [0.15, 0.2) is 23.8 Å². The Labute approximate surface area is 140 Å². The van der Waals surface area contributed by atoms with Gasteiger partial charge in [0, 0.05) is 5.57 Å². The third-order valence-electron chi connectivity index (χ3n) is 7.69. The predicted molar refractivity (Wildman–Crippen MR) is 93.0 cm³/mol. The summed E-state index contributed by atoms with van der Waals surface area (Å²) in [7, 11) is 0. The van der Waals surface area contributed by atoms with E-state index in [1.807, 2.05) is 0 Å². The molecule has 126 valence electrons. The fourth-order valence-corrected chi connectivity index (χ4v) is 5.74. The number of hydrogen-bond donors (Lipinski definition) is 0. The predicted octanol–water partition coefficient (Wildman–Crippen LogP) is 4.89. The van der Waals surface area contributed by atoms with Crippen LogP contribution in [0.25, 0.3) is 0 Å². The molecule has 0 spiro atoms. The second-order valence-electron chi connectivity index (χ2n) is 8.78. The van der Waals surface area contributed by atoms with E-state index >= 15 is 0 Å². The average Bonchev–Trinajstić information content (AvgIpc) is 2.50. The van der Waals surface area contributed by atoms with E-state index in [1.165, 1.54) is 44.3 Å². The minimum Gasteiger partial charge on any atom is -0.290 e. The monoisotopic (exact) mass is 314 g/mol. The summed E-state index contributed by atoms with van der Waals surface area (Å²) in [6.07, 6.45) is 11.6. The summed E-state index contributed by atoms with van der Waals surface area (Å²) in [4.78, 5) is 24.0. The summed E-state index contributed by atoms with van der Waals surface area (Å²) in [5, 5.41) is 0. The van der Waals surface area contributed by atoms with Gasteiger partial charge in [-0.1, -0.05) is 40.5 Å². The van der Waals surface area contributed by atoms with Gasteiger partial charge in [-0.05, 0) is 72.5 Å². The Morgan fingerprint density at radius 3 is 2.52 bits per heavy atom. The number of allylic oxidation sites excluding steroid dienone is 4. The van der Waals surface area contributed by atoms with Gasteiger partial charge in [0.05, 0.1) is 0 Å². The molecular weight excluding hydrogens is 284 g/mol. The molecule has 0 aromatic carbocycles. The molecule has 3 aliphatic carbocycles. The first-order valence-corrected chi connectivity index (χ1v) is 9.24. The van der Waals surface area contributed by atoms with Crippen molar-refractivity contribution in [2.45, 2.75) is 66.2 Å². The van der Waals surface area contributed by atoms with Crippen LogP contribution in [-0.4, -0.2) is 11.6 Å². The lowest BCUT2D eigenvalue weighted by Crippen LogP contribution is -2.52. The van der Waals surface area contributed by atoms with Crippen LogP contribution < -0.4 is 0 Å². The second kappa shape index (κ2) is 5.72. The first-order chi connectivity index (χ1) is 10.8. The molecular formula is C21H30O2. The lowest BCUT2D eigenvalue weighted by Gasteiger charge is -2.60. The van der Waals surface area contributed by atoms with Crippen LogP contribution in [0.5, 0.6) is 0 Å². The molecule has 0 aromatic heterocycles. The molecule has 2 fully saturated rings. The van der Waals surface area contributed by atoms with Crippen molar-refractivity contribution < 1.29 is 9.59 Å². The van der Waals surface area contributed by atoms with Crippen LogP contribution >= 0.6 is 0 Å². The van der Waals surface area contributed by atoms with E-state index in [0.717, 1.165) is 17.9 Å². The highest BCUT2D eigenvalue weighted by Gasteiger charge is 2.55. The topological polar surface area (TPSA) is 34.1 Å². The minimum absolute atomic E-state index is 0.0357. The maximum Gasteiger partial charge on any atom is 0.182 e. The Kier molecular flexibility index (Phi) is 4.14. The minimum atomic E-state index is -0.0357. The summed E-state index contributed by atoms with van der Waals surface area (Å²) in [6.45, 7) is 9.63. The standard InChI is InChI=1S/C21H30O2/c1-14-6-5-7-19-20(14,3)11-10-15(2)21(19,4)13-16-12-17(22)8-9-18(16)23/h8-9,12,14-15,19H,5-7,10-11,13H2,1-4H3/t14?,15-,19+,20-,21+/m1/s1. The average molecular weight is 314 g/mol. The normalized spacial score (nSPS) is 44.0. The van der Waals surface area contributed by atoms with Gasteiger partial charge >= 0.3 is 0 Å². The molecule has 3 rings (SSSR count). The van der Waals surface area contributed by atoms with E-state index in [1.54, 1.807) is 6.08 Å². The molecule has 5 atom stereocenters. The van der Waals surface area contributed by atoms with Crippen LogP contribution in [0.2, 0.25) is 0 Å². The SMILES string of the molecule is CC1CCC[C@@H]2[C@@](C)(CC3=CC(=O)C=CC3=O)[C@H](C)CC[C@]12C.